The highest BCUT2D eigenvalue weighted by atomic mass is 16.5. The normalized spacial score (nSPS) is 26.3. The van der Waals surface area contributed by atoms with Gasteiger partial charge in [0, 0.05) is 11.6 Å². The summed E-state index contributed by atoms with van der Waals surface area (Å²) in [5.74, 6) is 2.98. The average Bonchev–Trinajstić information content (AvgIpc) is 2.63. The second-order valence-electron chi connectivity index (χ2n) is 7.38. The van der Waals surface area contributed by atoms with Crippen molar-refractivity contribution in [3.05, 3.63) is 36.5 Å². The van der Waals surface area contributed by atoms with Crippen LogP contribution in [0.3, 0.4) is 0 Å². The van der Waals surface area contributed by atoms with Crippen LogP contribution in [0.25, 0.3) is 10.9 Å². The van der Waals surface area contributed by atoms with Gasteiger partial charge >= 0.3 is 0 Å². The second-order valence-corrected chi connectivity index (χ2v) is 7.38. The number of hydrogen-bond donors (Lipinski definition) is 0. The first-order valence-electron chi connectivity index (χ1n) is 9.40. The molecule has 2 heteroatoms. The molecule has 23 heavy (non-hydrogen) atoms. The molecule has 0 bridgehead atoms. The van der Waals surface area contributed by atoms with E-state index in [1.807, 2.05) is 18.3 Å². The summed E-state index contributed by atoms with van der Waals surface area (Å²) in [6.07, 6.45) is 14.8. The van der Waals surface area contributed by atoms with E-state index in [-0.39, 0.29) is 0 Å². The van der Waals surface area contributed by atoms with Crippen molar-refractivity contribution >= 4 is 10.9 Å². The third-order valence-electron chi connectivity index (χ3n) is 5.94. The molecule has 0 aliphatic heterocycles. The standard InChI is InChI=1S/C21H27NO/c1-2-6-16(7-3-1)17-10-12-18(13-11-17)23-21-14-15-22-20-9-5-4-8-19(20)21/h4-5,8-9,14-18H,1-3,6-7,10-13H2. The lowest BCUT2D eigenvalue weighted by Gasteiger charge is -2.36. The minimum atomic E-state index is 0.389. The fourth-order valence-electron chi connectivity index (χ4n) is 4.64. The van der Waals surface area contributed by atoms with Crippen LogP contribution >= 0.6 is 0 Å². The van der Waals surface area contributed by atoms with E-state index in [2.05, 4.69) is 23.2 Å². The summed E-state index contributed by atoms with van der Waals surface area (Å²) < 4.78 is 6.36. The number of aromatic nitrogens is 1. The number of fused-ring (bicyclic) bond motifs is 1. The zero-order valence-electron chi connectivity index (χ0n) is 13.9. The van der Waals surface area contributed by atoms with Gasteiger partial charge in [-0.05, 0) is 55.7 Å². The van der Waals surface area contributed by atoms with E-state index < -0.39 is 0 Å². The predicted octanol–water partition coefficient (Wildman–Crippen LogP) is 5.75. The molecule has 2 fully saturated rings. The van der Waals surface area contributed by atoms with E-state index in [1.165, 1.54) is 57.8 Å². The zero-order chi connectivity index (χ0) is 15.5. The molecule has 2 aliphatic rings. The molecule has 0 spiro atoms. The van der Waals surface area contributed by atoms with Crippen LogP contribution < -0.4 is 4.74 Å². The molecule has 0 unspecified atom stereocenters. The van der Waals surface area contributed by atoms with Gasteiger partial charge in [0.1, 0.15) is 5.75 Å². The summed E-state index contributed by atoms with van der Waals surface area (Å²) >= 11 is 0. The number of para-hydroxylation sites is 1. The number of ether oxygens (including phenoxy) is 1. The first kappa shape index (κ1) is 15.0. The molecule has 4 rings (SSSR count). The minimum absolute atomic E-state index is 0.389. The maximum absolute atomic E-state index is 6.36. The van der Waals surface area contributed by atoms with E-state index in [1.54, 1.807) is 0 Å². The Hall–Kier alpha value is -1.57. The van der Waals surface area contributed by atoms with E-state index in [9.17, 15) is 0 Å². The van der Waals surface area contributed by atoms with E-state index in [4.69, 9.17) is 4.74 Å². The molecule has 1 aromatic heterocycles. The van der Waals surface area contributed by atoms with Crippen LogP contribution in [0.15, 0.2) is 36.5 Å². The summed E-state index contributed by atoms with van der Waals surface area (Å²) in [5.41, 5.74) is 1.03. The molecular formula is C21H27NO. The molecule has 2 aliphatic carbocycles. The highest BCUT2D eigenvalue weighted by molar-refractivity contribution is 5.84. The van der Waals surface area contributed by atoms with Crippen LogP contribution in [-0.2, 0) is 0 Å². The second kappa shape index (κ2) is 6.90. The topological polar surface area (TPSA) is 22.1 Å². The van der Waals surface area contributed by atoms with Crippen molar-refractivity contribution in [3.63, 3.8) is 0 Å². The number of pyridine rings is 1. The van der Waals surface area contributed by atoms with Crippen molar-refractivity contribution < 1.29 is 4.74 Å². The maximum Gasteiger partial charge on any atom is 0.130 e. The van der Waals surface area contributed by atoms with Gasteiger partial charge in [-0.25, -0.2) is 0 Å². The van der Waals surface area contributed by atoms with Crippen molar-refractivity contribution in [1.29, 1.82) is 0 Å². The fourth-order valence-corrected chi connectivity index (χ4v) is 4.64. The molecule has 122 valence electrons. The molecule has 2 saturated carbocycles. The van der Waals surface area contributed by atoms with E-state index in [0.717, 1.165) is 28.5 Å². The lowest BCUT2D eigenvalue weighted by Crippen LogP contribution is -2.28. The van der Waals surface area contributed by atoms with Crippen LogP contribution in [0.2, 0.25) is 0 Å². The molecule has 1 heterocycles. The summed E-state index contributed by atoms with van der Waals surface area (Å²) in [4.78, 5) is 4.43. The molecular weight excluding hydrogens is 282 g/mol. The number of hydrogen-bond acceptors (Lipinski definition) is 2. The molecule has 2 aromatic rings. The molecule has 2 nitrogen and oxygen atoms in total. The third-order valence-corrected chi connectivity index (χ3v) is 5.94. The Bertz CT molecular complexity index is 634. The Morgan fingerprint density at radius 2 is 1.52 bits per heavy atom. The van der Waals surface area contributed by atoms with E-state index >= 15 is 0 Å². The maximum atomic E-state index is 6.36. The molecule has 0 radical (unpaired) electrons. The number of nitrogens with zero attached hydrogens (tertiary/aromatic N) is 1. The van der Waals surface area contributed by atoms with Crippen molar-refractivity contribution in [2.24, 2.45) is 11.8 Å². The van der Waals surface area contributed by atoms with Crippen LogP contribution in [0, 0.1) is 11.8 Å². The minimum Gasteiger partial charge on any atom is -0.490 e. The van der Waals surface area contributed by atoms with Gasteiger partial charge in [0.15, 0.2) is 0 Å². The number of benzene rings is 1. The van der Waals surface area contributed by atoms with Crippen LogP contribution in [0.5, 0.6) is 5.75 Å². The molecule has 0 atom stereocenters. The van der Waals surface area contributed by atoms with Gasteiger partial charge in [-0.2, -0.15) is 0 Å². The summed E-state index contributed by atoms with van der Waals surface area (Å²) in [6.45, 7) is 0. The molecule has 0 N–H and O–H groups in total. The van der Waals surface area contributed by atoms with Gasteiger partial charge < -0.3 is 4.74 Å². The Kier molecular flexibility index (Phi) is 4.50. The monoisotopic (exact) mass is 309 g/mol. The molecule has 0 saturated heterocycles. The quantitative estimate of drug-likeness (QED) is 0.720. The Labute approximate surface area is 139 Å². The summed E-state index contributed by atoms with van der Waals surface area (Å²) in [6, 6.07) is 10.3. The first-order chi connectivity index (χ1) is 11.4. The lowest BCUT2D eigenvalue weighted by atomic mass is 9.73. The van der Waals surface area contributed by atoms with E-state index in [0.29, 0.717) is 6.10 Å². The van der Waals surface area contributed by atoms with Gasteiger partial charge in [-0.15, -0.1) is 0 Å². The van der Waals surface area contributed by atoms with Crippen molar-refractivity contribution in [2.75, 3.05) is 0 Å². The van der Waals surface area contributed by atoms with Crippen LogP contribution in [-0.4, -0.2) is 11.1 Å². The van der Waals surface area contributed by atoms with Gasteiger partial charge in [0.25, 0.3) is 0 Å². The van der Waals surface area contributed by atoms with Crippen LogP contribution in [0.4, 0.5) is 0 Å². The summed E-state index contributed by atoms with van der Waals surface area (Å²) in [7, 11) is 0. The predicted molar refractivity (Wildman–Crippen MR) is 94.7 cm³/mol. The largest absolute Gasteiger partial charge is 0.490 e. The fraction of sp³-hybridized carbons (Fsp3) is 0.571. The van der Waals surface area contributed by atoms with Gasteiger partial charge in [-0.1, -0.05) is 44.2 Å². The summed E-state index contributed by atoms with van der Waals surface area (Å²) in [5, 5.41) is 1.14. The highest BCUT2D eigenvalue weighted by Crippen LogP contribution is 2.39. The molecule has 1 aromatic carbocycles. The van der Waals surface area contributed by atoms with Crippen molar-refractivity contribution in [2.45, 2.75) is 63.9 Å². The van der Waals surface area contributed by atoms with Gasteiger partial charge in [0.2, 0.25) is 0 Å². The lowest BCUT2D eigenvalue weighted by molar-refractivity contribution is 0.100. The SMILES string of the molecule is c1ccc2c(OC3CCC(C4CCCCC4)CC3)ccnc2c1. The Morgan fingerprint density at radius 1 is 0.783 bits per heavy atom. The average molecular weight is 309 g/mol. The zero-order valence-corrected chi connectivity index (χ0v) is 13.9. The molecule has 0 amide bonds. The smallest absolute Gasteiger partial charge is 0.130 e. The Balaban J connectivity index is 1.39. The van der Waals surface area contributed by atoms with Crippen LogP contribution in [0.1, 0.15) is 57.8 Å². The van der Waals surface area contributed by atoms with Gasteiger partial charge in [0.05, 0.1) is 11.6 Å². The van der Waals surface area contributed by atoms with Gasteiger partial charge in [-0.3, -0.25) is 4.98 Å². The van der Waals surface area contributed by atoms with Crippen molar-refractivity contribution in [1.82, 2.24) is 4.98 Å². The first-order valence-corrected chi connectivity index (χ1v) is 9.40. The number of rotatable bonds is 3. The van der Waals surface area contributed by atoms with Crippen molar-refractivity contribution in [3.8, 4) is 5.75 Å². The third kappa shape index (κ3) is 3.36. The highest BCUT2D eigenvalue weighted by Gasteiger charge is 2.29. The Morgan fingerprint density at radius 3 is 2.35 bits per heavy atom.